The number of likely N-dealkylation sites (tertiary alicyclic amines) is 1. The highest BCUT2D eigenvalue weighted by Crippen LogP contribution is 2.26. The fourth-order valence-electron chi connectivity index (χ4n) is 4.29. The van der Waals surface area contributed by atoms with E-state index in [2.05, 4.69) is 29.1 Å². The van der Waals surface area contributed by atoms with Gasteiger partial charge in [0.2, 0.25) is 5.91 Å². The summed E-state index contributed by atoms with van der Waals surface area (Å²) in [5.41, 5.74) is 1.30. The second-order valence-electron chi connectivity index (χ2n) is 8.14. The van der Waals surface area contributed by atoms with Crippen molar-refractivity contribution in [3.05, 3.63) is 51.0 Å². The van der Waals surface area contributed by atoms with Crippen LogP contribution in [0.2, 0.25) is 5.02 Å². The van der Waals surface area contributed by atoms with Crippen molar-refractivity contribution in [3.63, 3.8) is 0 Å². The number of piperidine rings is 1. The molecule has 1 aliphatic rings. The molecule has 31 heavy (non-hydrogen) atoms. The molecule has 1 saturated heterocycles. The molecule has 1 aromatic carbocycles. The van der Waals surface area contributed by atoms with E-state index >= 15 is 0 Å². The number of H-pyrrole nitrogens is 1. The van der Waals surface area contributed by atoms with E-state index in [9.17, 15) is 9.59 Å². The number of aromatic amines is 1. The molecule has 0 bridgehead atoms. The van der Waals surface area contributed by atoms with E-state index in [0.29, 0.717) is 29.6 Å². The lowest BCUT2D eigenvalue weighted by Gasteiger charge is -2.34. The minimum Gasteiger partial charge on any atom is -0.342 e. The fraction of sp³-hybridized carbons (Fsp3) is 0.500. The van der Waals surface area contributed by atoms with E-state index in [4.69, 9.17) is 16.6 Å². The second-order valence-corrected chi connectivity index (χ2v) is 8.57. The maximum atomic E-state index is 12.9. The standard InChI is InChI=1S/C22H27ClN6O2/c1-3-15(4-2)22(31)28-10-6-8-16(13-28)19-24-20-18(21(30)25-19)26-27-29(20)12-14-7-5-9-17(23)11-14/h5,7,9,11,15-16H,3-4,6,8,10,12-13H2,1-2H3,(H,24,25,30). The summed E-state index contributed by atoms with van der Waals surface area (Å²) in [5, 5.41) is 8.79. The van der Waals surface area contributed by atoms with Crippen molar-refractivity contribution >= 4 is 28.7 Å². The molecule has 1 unspecified atom stereocenters. The van der Waals surface area contributed by atoms with Gasteiger partial charge in [-0.15, -0.1) is 5.10 Å². The van der Waals surface area contributed by atoms with Gasteiger partial charge in [0.05, 0.1) is 6.54 Å². The van der Waals surface area contributed by atoms with Gasteiger partial charge >= 0.3 is 0 Å². The fourth-order valence-corrected chi connectivity index (χ4v) is 4.50. The molecule has 0 radical (unpaired) electrons. The second kappa shape index (κ2) is 9.18. The number of nitrogens with one attached hydrogen (secondary N) is 1. The topological polar surface area (TPSA) is 96.8 Å². The summed E-state index contributed by atoms with van der Waals surface area (Å²) in [6.07, 6.45) is 3.44. The molecule has 0 spiro atoms. The monoisotopic (exact) mass is 442 g/mol. The van der Waals surface area contributed by atoms with E-state index in [-0.39, 0.29) is 28.8 Å². The number of carbonyl (C=O) groups is 1. The number of nitrogens with zero attached hydrogens (tertiary/aromatic N) is 5. The van der Waals surface area contributed by atoms with Gasteiger partial charge in [0.15, 0.2) is 11.2 Å². The number of benzene rings is 1. The average molecular weight is 443 g/mol. The number of hydrogen-bond acceptors (Lipinski definition) is 5. The van der Waals surface area contributed by atoms with Crippen LogP contribution in [0.1, 0.15) is 56.8 Å². The van der Waals surface area contributed by atoms with Gasteiger partial charge in [-0.05, 0) is 43.4 Å². The van der Waals surface area contributed by atoms with E-state index in [0.717, 1.165) is 37.8 Å². The van der Waals surface area contributed by atoms with Crippen molar-refractivity contribution in [2.45, 2.75) is 52.0 Å². The SMILES string of the molecule is CCC(CC)C(=O)N1CCCC(c2nc3c(nnn3Cc3cccc(Cl)c3)c(=O)[nH]2)C1. The molecule has 1 fully saturated rings. The first-order valence-corrected chi connectivity index (χ1v) is 11.2. The molecule has 1 N–H and O–H groups in total. The van der Waals surface area contributed by atoms with Gasteiger partial charge in [-0.2, -0.15) is 0 Å². The molecular weight excluding hydrogens is 416 g/mol. The summed E-state index contributed by atoms with van der Waals surface area (Å²) in [7, 11) is 0. The smallest absolute Gasteiger partial charge is 0.281 e. The van der Waals surface area contributed by atoms with Crippen molar-refractivity contribution in [1.29, 1.82) is 0 Å². The molecule has 4 rings (SSSR count). The molecule has 0 saturated carbocycles. The maximum Gasteiger partial charge on any atom is 0.281 e. The Kier molecular flexibility index (Phi) is 6.36. The Morgan fingerprint density at radius 3 is 2.87 bits per heavy atom. The number of halogens is 1. The van der Waals surface area contributed by atoms with Gasteiger partial charge in [0.1, 0.15) is 5.82 Å². The predicted octanol–water partition coefficient (Wildman–Crippen LogP) is 3.36. The molecule has 2 aromatic heterocycles. The zero-order valence-corrected chi connectivity index (χ0v) is 18.6. The van der Waals surface area contributed by atoms with Gasteiger partial charge in [0.25, 0.3) is 5.56 Å². The van der Waals surface area contributed by atoms with Gasteiger partial charge in [-0.3, -0.25) is 9.59 Å². The van der Waals surface area contributed by atoms with Crippen LogP contribution in [0.4, 0.5) is 0 Å². The largest absolute Gasteiger partial charge is 0.342 e. The highest BCUT2D eigenvalue weighted by molar-refractivity contribution is 6.30. The number of hydrogen-bond donors (Lipinski definition) is 1. The number of rotatable bonds is 6. The van der Waals surface area contributed by atoms with Crippen LogP contribution in [0.3, 0.4) is 0 Å². The molecular formula is C22H27ClN6O2. The van der Waals surface area contributed by atoms with Gasteiger partial charge in [-0.1, -0.05) is 42.8 Å². The lowest BCUT2D eigenvalue weighted by atomic mass is 9.94. The van der Waals surface area contributed by atoms with Crippen molar-refractivity contribution in [3.8, 4) is 0 Å². The average Bonchev–Trinajstić information content (AvgIpc) is 3.18. The van der Waals surface area contributed by atoms with Crippen LogP contribution in [0.5, 0.6) is 0 Å². The predicted molar refractivity (Wildman–Crippen MR) is 119 cm³/mol. The van der Waals surface area contributed by atoms with Crippen molar-refractivity contribution < 1.29 is 4.79 Å². The minimum atomic E-state index is -0.305. The van der Waals surface area contributed by atoms with Crippen LogP contribution in [-0.2, 0) is 11.3 Å². The summed E-state index contributed by atoms with van der Waals surface area (Å²) in [6.45, 7) is 5.84. The molecule has 1 aliphatic heterocycles. The molecule has 3 heterocycles. The zero-order chi connectivity index (χ0) is 22.0. The first kappa shape index (κ1) is 21.5. The third kappa shape index (κ3) is 4.49. The molecule has 164 valence electrons. The molecule has 1 amide bonds. The van der Waals surface area contributed by atoms with Crippen LogP contribution in [0, 0.1) is 5.92 Å². The first-order valence-electron chi connectivity index (χ1n) is 10.9. The van der Waals surface area contributed by atoms with Crippen LogP contribution < -0.4 is 5.56 Å². The third-order valence-electron chi connectivity index (χ3n) is 6.07. The zero-order valence-electron chi connectivity index (χ0n) is 17.8. The number of fused-ring (bicyclic) bond motifs is 1. The van der Waals surface area contributed by atoms with Crippen molar-refractivity contribution in [2.75, 3.05) is 13.1 Å². The first-order chi connectivity index (χ1) is 15.0. The Morgan fingerprint density at radius 2 is 2.13 bits per heavy atom. The number of aromatic nitrogens is 5. The molecule has 1 atom stereocenters. The quantitative estimate of drug-likeness (QED) is 0.631. The van der Waals surface area contributed by atoms with Gasteiger partial charge in [0, 0.05) is 29.9 Å². The van der Waals surface area contributed by atoms with Crippen LogP contribution in [0.25, 0.3) is 11.2 Å². The molecule has 3 aromatic rings. The molecule has 0 aliphatic carbocycles. The van der Waals surface area contributed by atoms with Gasteiger partial charge in [-0.25, -0.2) is 9.67 Å². The van der Waals surface area contributed by atoms with E-state index in [1.165, 1.54) is 0 Å². The summed E-state index contributed by atoms with van der Waals surface area (Å²) in [6, 6.07) is 7.47. The van der Waals surface area contributed by atoms with Crippen LogP contribution in [-0.4, -0.2) is 48.9 Å². The minimum absolute atomic E-state index is 0.0151. The van der Waals surface area contributed by atoms with Crippen LogP contribution >= 0.6 is 11.6 Å². The molecule has 8 nitrogen and oxygen atoms in total. The summed E-state index contributed by atoms with van der Waals surface area (Å²) in [4.78, 5) is 35.1. The Bertz CT molecular complexity index is 1140. The maximum absolute atomic E-state index is 12.9. The van der Waals surface area contributed by atoms with Gasteiger partial charge < -0.3 is 9.88 Å². The van der Waals surface area contributed by atoms with Crippen molar-refractivity contribution in [1.82, 2.24) is 29.9 Å². The highest BCUT2D eigenvalue weighted by atomic mass is 35.5. The Hall–Kier alpha value is -2.74. The Labute approximate surface area is 185 Å². The van der Waals surface area contributed by atoms with Crippen molar-refractivity contribution in [2.24, 2.45) is 5.92 Å². The van der Waals surface area contributed by atoms with E-state index < -0.39 is 0 Å². The molecule has 9 heteroatoms. The van der Waals surface area contributed by atoms with E-state index in [1.54, 1.807) is 4.68 Å². The normalized spacial score (nSPS) is 16.9. The summed E-state index contributed by atoms with van der Waals surface area (Å²) < 4.78 is 1.62. The third-order valence-corrected chi connectivity index (χ3v) is 6.30. The highest BCUT2D eigenvalue weighted by Gasteiger charge is 2.29. The lowest BCUT2D eigenvalue weighted by Crippen LogP contribution is -2.42. The van der Waals surface area contributed by atoms with E-state index in [1.807, 2.05) is 29.2 Å². The Balaban J connectivity index is 1.62. The Morgan fingerprint density at radius 1 is 1.32 bits per heavy atom. The summed E-state index contributed by atoms with van der Waals surface area (Å²) >= 11 is 6.09. The van der Waals surface area contributed by atoms with Crippen LogP contribution in [0.15, 0.2) is 29.1 Å². The lowest BCUT2D eigenvalue weighted by molar-refractivity contribution is -0.137. The number of amides is 1. The number of carbonyl (C=O) groups excluding carboxylic acids is 1. The summed E-state index contributed by atoms with van der Waals surface area (Å²) in [5.74, 6) is 0.829.